The standard InChI is InChI=1S/C12H14BrF3N2S/c13-5-8-6-17-10(18-11(8)12(14,15)16)7-19-9-3-1-2-4-9/h6,9H,1-5,7H2. The van der Waals surface area contributed by atoms with Crippen molar-refractivity contribution < 1.29 is 13.2 Å². The van der Waals surface area contributed by atoms with Crippen molar-refractivity contribution in [2.45, 2.75) is 48.2 Å². The van der Waals surface area contributed by atoms with Crippen molar-refractivity contribution in [1.82, 2.24) is 9.97 Å². The molecule has 106 valence electrons. The molecule has 7 heteroatoms. The third-order valence-corrected chi connectivity index (χ3v) is 5.05. The number of thioether (sulfide) groups is 1. The molecule has 2 nitrogen and oxygen atoms in total. The van der Waals surface area contributed by atoms with Gasteiger partial charge in [0, 0.05) is 22.3 Å². The van der Waals surface area contributed by atoms with Crippen LogP contribution in [0.3, 0.4) is 0 Å². The summed E-state index contributed by atoms with van der Waals surface area (Å²) in [5, 5.41) is 0.659. The maximum Gasteiger partial charge on any atom is 0.433 e. The molecule has 1 aliphatic rings. The molecule has 0 unspecified atom stereocenters. The highest BCUT2D eigenvalue weighted by Crippen LogP contribution is 2.33. The number of aromatic nitrogens is 2. The van der Waals surface area contributed by atoms with Crippen molar-refractivity contribution in [1.29, 1.82) is 0 Å². The van der Waals surface area contributed by atoms with Gasteiger partial charge in [0.15, 0.2) is 5.69 Å². The van der Waals surface area contributed by atoms with Crippen LogP contribution in [0.4, 0.5) is 13.2 Å². The van der Waals surface area contributed by atoms with Crippen molar-refractivity contribution in [3.8, 4) is 0 Å². The summed E-state index contributed by atoms with van der Waals surface area (Å²) in [6, 6.07) is 0. The van der Waals surface area contributed by atoms with Gasteiger partial charge < -0.3 is 0 Å². The second-order valence-electron chi connectivity index (χ2n) is 4.51. The molecule has 0 saturated heterocycles. The number of rotatable bonds is 4. The van der Waals surface area contributed by atoms with Crippen molar-refractivity contribution in [2.24, 2.45) is 0 Å². The molecule has 1 aromatic rings. The van der Waals surface area contributed by atoms with Crippen LogP contribution in [0, 0.1) is 0 Å². The van der Waals surface area contributed by atoms with Crippen LogP contribution >= 0.6 is 27.7 Å². The molecular formula is C12H14BrF3N2S. The zero-order valence-electron chi connectivity index (χ0n) is 10.2. The van der Waals surface area contributed by atoms with Crippen LogP contribution in [0.25, 0.3) is 0 Å². The van der Waals surface area contributed by atoms with Crippen molar-refractivity contribution >= 4 is 27.7 Å². The molecule has 0 radical (unpaired) electrons. The summed E-state index contributed by atoms with van der Waals surface area (Å²) < 4.78 is 38.5. The molecule has 1 heterocycles. The van der Waals surface area contributed by atoms with E-state index in [1.165, 1.54) is 19.0 Å². The molecule has 0 aromatic carbocycles. The topological polar surface area (TPSA) is 25.8 Å². The van der Waals surface area contributed by atoms with Crippen molar-refractivity contribution in [3.63, 3.8) is 0 Å². The van der Waals surface area contributed by atoms with Crippen LogP contribution in [0.5, 0.6) is 0 Å². The van der Waals surface area contributed by atoms with E-state index in [0.717, 1.165) is 12.8 Å². The number of hydrogen-bond acceptors (Lipinski definition) is 3. The molecule has 0 N–H and O–H groups in total. The van der Waals surface area contributed by atoms with E-state index in [4.69, 9.17) is 0 Å². The van der Waals surface area contributed by atoms with Crippen LogP contribution in [0.2, 0.25) is 0 Å². The molecule has 0 amide bonds. The summed E-state index contributed by atoms with van der Waals surface area (Å²) in [7, 11) is 0. The minimum absolute atomic E-state index is 0.0853. The van der Waals surface area contributed by atoms with E-state index in [9.17, 15) is 13.2 Å². The number of nitrogens with zero attached hydrogens (tertiary/aromatic N) is 2. The fraction of sp³-hybridized carbons (Fsp3) is 0.667. The predicted molar refractivity (Wildman–Crippen MR) is 73.2 cm³/mol. The highest BCUT2D eigenvalue weighted by atomic mass is 79.9. The van der Waals surface area contributed by atoms with Gasteiger partial charge in [-0.3, -0.25) is 0 Å². The summed E-state index contributed by atoms with van der Waals surface area (Å²) in [6.07, 6.45) is 1.59. The third-order valence-electron chi connectivity index (χ3n) is 3.08. The van der Waals surface area contributed by atoms with Crippen LogP contribution in [0.15, 0.2) is 6.20 Å². The molecule has 0 spiro atoms. The normalized spacial score (nSPS) is 17.1. The van der Waals surface area contributed by atoms with E-state index < -0.39 is 11.9 Å². The minimum Gasteiger partial charge on any atom is -0.240 e. The Labute approximate surface area is 122 Å². The zero-order chi connectivity index (χ0) is 13.9. The monoisotopic (exact) mass is 354 g/mol. The second-order valence-corrected chi connectivity index (χ2v) is 6.36. The van der Waals surface area contributed by atoms with Crippen LogP contribution in [-0.4, -0.2) is 15.2 Å². The average molecular weight is 355 g/mol. The van der Waals surface area contributed by atoms with Gasteiger partial charge in [-0.05, 0) is 12.8 Å². The lowest BCUT2D eigenvalue weighted by molar-refractivity contribution is -0.141. The number of hydrogen-bond donors (Lipinski definition) is 0. The van der Waals surface area contributed by atoms with E-state index in [2.05, 4.69) is 25.9 Å². The van der Waals surface area contributed by atoms with Crippen molar-refractivity contribution in [2.75, 3.05) is 0 Å². The fourth-order valence-electron chi connectivity index (χ4n) is 2.10. The molecule has 1 saturated carbocycles. The SMILES string of the molecule is FC(F)(F)c1nc(CSC2CCCC2)ncc1CBr. The van der Waals surface area contributed by atoms with E-state index in [0.29, 0.717) is 11.0 Å². The van der Waals surface area contributed by atoms with E-state index in [-0.39, 0.29) is 16.7 Å². The highest BCUT2D eigenvalue weighted by molar-refractivity contribution is 9.08. The van der Waals surface area contributed by atoms with Crippen LogP contribution in [0.1, 0.15) is 42.8 Å². The number of halogens is 4. The van der Waals surface area contributed by atoms with Crippen LogP contribution < -0.4 is 0 Å². The molecule has 1 aromatic heterocycles. The Morgan fingerprint density at radius 3 is 2.58 bits per heavy atom. The first-order valence-electron chi connectivity index (χ1n) is 6.10. The zero-order valence-corrected chi connectivity index (χ0v) is 12.6. The lowest BCUT2D eigenvalue weighted by Gasteiger charge is -2.12. The van der Waals surface area contributed by atoms with Gasteiger partial charge in [-0.2, -0.15) is 24.9 Å². The molecule has 19 heavy (non-hydrogen) atoms. The molecule has 0 aliphatic heterocycles. The summed E-state index contributed by atoms with van der Waals surface area (Å²) >= 11 is 4.70. The summed E-state index contributed by atoms with van der Waals surface area (Å²) in [6.45, 7) is 0. The van der Waals surface area contributed by atoms with Gasteiger partial charge in [0.05, 0.1) is 5.75 Å². The Morgan fingerprint density at radius 1 is 1.32 bits per heavy atom. The Morgan fingerprint density at radius 2 is 2.00 bits per heavy atom. The first-order valence-corrected chi connectivity index (χ1v) is 8.27. The lowest BCUT2D eigenvalue weighted by atomic mass is 10.2. The Kier molecular flexibility index (Phi) is 5.11. The summed E-state index contributed by atoms with van der Waals surface area (Å²) in [5.41, 5.74) is -0.733. The highest BCUT2D eigenvalue weighted by Gasteiger charge is 2.35. The van der Waals surface area contributed by atoms with Crippen LogP contribution in [-0.2, 0) is 17.3 Å². The molecule has 1 aliphatic carbocycles. The van der Waals surface area contributed by atoms with Gasteiger partial charge in [-0.15, -0.1) is 0 Å². The Hall–Kier alpha value is -0.300. The molecule has 2 rings (SSSR count). The van der Waals surface area contributed by atoms with Gasteiger partial charge >= 0.3 is 6.18 Å². The van der Waals surface area contributed by atoms with Gasteiger partial charge in [0.2, 0.25) is 0 Å². The summed E-state index contributed by atoms with van der Waals surface area (Å²) in [5.74, 6) is 0.727. The first kappa shape index (κ1) is 15.1. The minimum atomic E-state index is -4.42. The smallest absolute Gasteiger partial charge is 0.240 e. The van der Waals surface area contributed by atoms with Gasteiger partial charge in [-0.1, -0.05) is 28.8 Å². The van der Waals surface area contributed by atoms with E-state index >= 15 is 0 Å². The largest absolute Gasteiger partial charge is 0.433 e. The lowest BCUT2D eigenvalue weighted by Crippen LogP contribution is -2.14. The average Bonchev–Trinajstić information content (AvgIpc) is 2.88. The van der Waals surface area contributed by atoms with E-state index in [1.54, 1.807) is 11.8 Å². The molecule has 0 bridgehead atoms. The first-order chi connectivity index (χ1) is 9.00. The van der Waals surface area contributed by atoms with Gasteiger partial charge in [0.25, 0.3) is 0 Å². The maximum atomic E-state index is 12.8. The van der Waals surface area contributed by atoms with Gasteiger partial charge in [-0.25, -0.2) is 9.97 Å². The predicted octanol–water partition coefficient (Wildman–Crippen LogP) is 4.57. The molecular weight excluding hydrogens is 341 g/mol. The van der Waals surface area contributed by atoms with Gasteiger partial charge in [0.1, 0.15) is 5.82 Å². The maximum absolute atomic E-state index is 12.8. The second kappa shape index (κ2) is 6.43. The van der Waals surface area contributed by atoms with Crippen molar-refractivity contribution in [3.05, 3.63) is 23.3 Å². The fourth-order valence-corrected chi connectivity index (χ4v) is 3.70. The third kappa shape index (κ3) is 4.08. The molecule has 0 atom stereocenters. The van der Waals surface area contributed by atoms with E-state index in [1.807, 2.05) is 0 Å². The summed E-state index contributed by atoms with van der Waals surface area (Å²) in [4.78, 5) is 7.71. The quantitative estimate of drug-likeness (QED) is 0.741. The molecule has 1 fully saturated rings. The number of alkyl halides is 4. The Balaban J connectivity index is 2.08. The Bertz CT molecular complexity index is 433.